The molecule has 0 saturated heterocycles. The van der Waals surface area contributed by atoms with Crippen LogP contribution in [-0.4, -0.2) is 16.1 Å². The third kappa shape index (κ3) is 2.88. The highest BCUT2D eigenvalue weighted by molar-refractivity contribution is 6.17. The zero-order chi connectivity index (χ0) is 13.0. The number of aromatic nitrogens is 1. The first-order valence-electron chi connectivity index (χ1n) is 4.47. The van der Waals surface area contributed by atoms with E-state index in [0.717, 1.165) is 6.20 Å². The predicted molar refractivity (Wildman–Crippen MR) is 54.8 cm³/mol. The van der Waals surface area contributed by atoms with Gasteiger partial charge in [-0.15, -0.1) is 11.6 Å². The standard InChI is InChI=1S/C10H7ClF2N2O2/c11-2-6-5(1-8(16)17)4-15-7(3-14)9(6)10(12)13/h4,10H,1-2H2,(H,16,17). The Hall–Kier alpha value is -1.74. The number of carbonyl (C=O) groups is 1. The van der Waals surface area contributed by atoms with Crippen LogP contribution in [0.3, 0.4) is 0 Å². The zero-order valence-corrected chi connectivity index (χ0v) is 9.21. The van der Waals surface area contributed by atoms with Gasteiger partial charge in [0.05, 0.1) is 12.0 Å². The lowest BCUT2D eigenvalue weighted by Crippen LogP contribution is -2.09. The van der Waals surface area contributed by atoms with Crippen LogP contribution in [0.25, 0.3) is 0 Å². The van der Waals surface area contributed by atoms with Crippen molar-refractivity contribution in [1.29, 1.82) is 5.26 Å². The largest absolute Gasteiger partial charge is 0.481 e. The summed E-state index contributed by atoms with van der Waals surface area (Å²) >= 11 is 5.53. The normalized spacial score (nSPS) is 10.3. The fraction of sp³-hybridized carbons (Fsp3) is 0.300. The molecular weight excluding hydrogens is 254 g/mol. The third-order valence-corrected chi connectivity index (χ3v) is 2.38. The monoisotopic (exact) mass is 260 g/mol. The van der Waals surface area contributed by atoms with Gasteiger partial charge >= 0.3 is 5.97 Å². The van der Waals surface area contributed by atoms with Crippen molar-refractivity contribution < 1.29 is 18.7 Å². The van der Waals surface area contributed by atoms with Gasteiger partial charge in [-0.05, 0) is 11.1 Å². The van der Waals surface area contributed by atoms with Crippen LogP contribution in [-0.2, 0) is 17.1 Å². The quantitative estimate of drug-likeness (QED) is 0.843. The number of rotatable bonds is 4. The number of halogens is 3. The summed E-state index contributed by atoms with van der Waals surface area (Å²) in [4.78, 5) is 14.1. The molecule has 4 nitrogen and oxygen atoms in total. The summed E-state index contributed by atoms with van der Waals surface area (Å²) in [6.07, 6.45) is -2.28. The summed E-state index contributed by atoms with van der Waals surface area (Å²) in [6, 6.07) is 1.53. The fourth-order valence-electron chi connectivity index (χ4n) is 1.40. The first-order chi connectivity index (χ1) is 8.01. The maximum atomic E-state index is 12.8. The van der Waals surface area contributed by atoms with Crippen molar-refractivity contribution in [2.75, 3.05) is 0 Å². The average molecular weight is 261 g/mol. The van der Waals surface area contributed by atoms with E-state index >= 15 is 0 Å². The first kappa shape index (κ1) is 13.3. The Morgan fingerprint density at radius 3 is 2.71 bits per heavy atom. The highest BCUT2D eigenvalue weighted by Crippen LogP contribution is 2.29. The maximum Gasteiger partial charge on any atom is 0.307 e. The molecule has 1 aromatic rings. The molecule has 0 saturated carbocycles. The molecule has 90 valence electrons. The number of hydrogen-bond acceptors (Lipinski definition) is 3. The van der Waals surface area contributed by atoms with Crippen LogP contribution in [0.2, 0.25) is 0 Å². The lowest BCUT2D eigenvalue weighted by Gasteiger charge is -2.11. The van der Waals surface area contributed by atoms with Crippen molar-refractivity contribution >= 4 is 17.6 Å². The highest BCUT2D eigenvalue weighted by Gasteiger charge is 2.22. The van der Waals surface area contributed by atoms with E-state index in [1.807, 2.05) is 0 Å². The Bertz CT molecular complexity index is 486. The molecule has 1 heterocycles. The number of alkyl halides is 3. The third-order valence-electron chi connectivity index (χ3n) is 2.12. The van der Waals surface area contributed by atoms with Gasteiger partial charge < -0.3 is 5.11 Å². The first-order valence-corrected chi connectivity index (χ1v) is 5.01. The summed E-state index contributed by atoms with van der Waals surface area (Å²) in [5.74, 6) is -1.47. The Kier molecular flexibility index (Phi) is 4.35. The number of nitrogens with zero attached hydrogens (tertiary/aromatic N) is 2. The number of nitriles is 1. The molecule has 17 heavy (non-hydrogen) atoms. The Morgan fingerprint density at radius 2 is 2.29 bits per heavy atom. The molecular formula is C10H7ClF2N2O2. The number of hydrogen-bond donors (Lipinski definition) is 1. The minimum atomic E-state index is -2.92. The maximum absolute atomic E-state index is 12.8. The van der Waals surface area contributed by atoms with Gasteiger partial charge in [-0.25, -0.2) is 13.8 Å². The lowest BCUT2D eigenvalue weighted by molar-refractivity contribution is -0.136. The fourth-order valence-corrected chi connectivity index (χ4v) is 1.72. The number of pyridine rings is 1. The van der Waals surface area contributed by atoms with E-state index in [9.17, 15) is 13.6 Å². The van der Waals surface area contributed by atoms with Crippen LogP contribution in [0.1, 0.15) is 28.8 Å². The summed E-state index contributed by atoms with van der Waals surface area (Å²) < 4.78 is 25.6. The zero-order valence-electron chi connectivity index (χ0n) is 8.45. The van der Waals surface area contributed by atoms with Crippen LogP contribution < -0.4 is 0 Å². The van der Waals surface area contributed by atoms with Crippen LogP contribution in [0, 0.1) is 11.3 Å². The minimum absolute atomic E-state index is 0.0318. The van der Waals surface area contributed by atoms with Gasteiger partial charge in [0, 0.05) is 12.1 Å². The molecule has 1 aromatic heterocycles. The number of carboxylic acid groups (broad SMARTS) is 1. The summed E-state index contributed by atoms with van der Waals surface area (Å²) in [5, 5.41) is 17.3. The molecule has 0 amide bonds. The van der Waals surface area contributed by atoms with E-state index in [1.54, 1.807) is 0 Å². The van der Waals surface area contributed by atoms with E-state index in [-0.39, 0.29) is 17.0 Å². The second kappa shape index (κ2) is 5.55. The topological polar surface area (TPSA) is 74.0 Å². The van der Waals surface area contributed by atoms with E-state index < -0.39 is 30.1 Å². The Balaban J connectivity index is 3.42. The van der Waals surface area contributed by atoms with E-state index in [0.29, 0.717) is 0 Å². The Labute approximate surface area is 100 Å². The van der Waals surface area contributed by atoms with Crippen molar-refractivity contribution in [2.45, 2.75) is 18.7 Å². The summed E-state index contributed by atoms with van der Waals surface area (Å²) in [6.45, 7) is 0. The molecule has 0 aliphatic carbocycles. The van der Waals surface area contributed by atoms with Gasteiger partial charge in [0.15, 0.2) is 0 Å². The smallest absolute Gasteiger partial charge is 0.307 e. The van der Waals surface area contributed by atoms with Gasteiger partial charge in [-0.1, -0.05) is 0 Å². The molecule has 0 fully saturated rings. The van der Waals surface area contributed by atoms with E-state index in [4.69, 9.17) is 22.0 Å². The number of carboxylic acids is 1. The van der Waals surface area contributed by atoms with Crippen molar-refractivity contribution in [3.63, 3.8) is 0 Å². The predicted octanol–water partition coefficient (Wildman–Crippen LogP) is 2.26. The molecule has 1 N–H and O–H groups in total. The number of aliphatic carboxylic acids is 1. The molecule has 0 bridgehead atoms. The van der Waals surface area contributed by atoms with Gasteiger partial charge in [-0.3, -0.25) is 4.79 Å². The van der Waals surface area contributed by atoms with Crippen molar-refractivity contribution in [3.8, 4) is 6.07 Å². The van der Waals surface area contributed by atoms with Gasteiger partial charge in [-0.2, -0.15) is 5.26 Å². The van der Waals surface area contributed by atoms with Crippen LogP contribution >= 0.6 is 11.6 Å². The molecule has 0 aliphatic heterocycles. The lowest BCUT2D eigenvalue weighted by atomic mass is 10.0. The van der Waals surface area contributed by atoms with Crippen molar-refractivity contribution in [3.05, 3.63) is 28.6 Å². The average Bonchev–Trinajstić information content (AvgIpc) is 2.27. The van der Waals surface area contributed by atoms with Crippen molar-refractivity contribution in [2.24, 2.45) is 0 Å². The molecule has 1 rings (SSSR count). The minimum Gasteiger partial charge on any atom is -0.481 e. The SMILES string of the molecule is N#Cc1ncc(CC(=O)O)c(CCl)c1C(F)F. The molecule has 0 unspecified atom stereocenters. The van der Waals surface area contributed by atoms with Gasteiger partial charge in [0.2, 0.25) is 0 Å². The summed E-state index contributed by atoms with van der Waals surface area (Å²) in [7, 11) is 0. The van der Waals surface area contributed by atoms with Crippen LogP contribution in [0.5, 0.6) is 0 Å². The molecule has 0 aromatic carbocycles. The van der Waals surface area contributed by atoms with E-state index in [2.05, 4.69) is 4.98 Å². The Morgan fingerprint density at radius 1 is 1.65 bits per heavy atom. The van der Waals surface area contributed by atoms with Gasteiger partial charge in [0.1, 0.15) is 11.8 Å². The van der Waals surface area contributed by atoms with Crippen molar-refractivity contribution in [1.82, 2.24) is 4.98 Å². The molecule has 0 atom stereocenters. The second-order valence-electron chi connectivity index (χ2n) is 3.14. The van der Waals surface area contributed by atoms with Crippen LogP contribution in [0.15, 0.2) is 6.20 Å². The molecule has 7 heteroatoms. The van der Waals surface area contributed by atoms with E-state index in [1.165, 1.54) is 6.07 Å². The molecule has 0 aliphatic rings. The summed E-state index contributed by atoms with van der Waals surface area (Å²) in [5.41, 5.74) is -0.941. The second-order valence-corrected chi connectivity index (χ2v) is 3.41. The molecule has 0 radical (unpaired) electrons. The van der Waals surface area contributed by atoms with Gasteiger partial charge in [0.25, 0.3) is 6.43 Å². The highest BCUT2D eigenvalue weighted by atomic mass is 35.5. The van der Waals surface area contributed by atoms with Crippen LogP contribution in [0.4, 0.5) is 8.78 Å². The molecule has 0 spiro atoms.